The third kappa shape index (κ3) is 3.15. The van der Waals surface area contributed by atoms with Crippen LogP contribution in [0.15, 0.2) is 18.2 Å². The number of ether oxygens (including phenoxy) is 1. The maximum atomic E-state index is 13.0. The van der Waals surface area contributed by atoms with Gasteiger partial charge in [-0.1, -0.05) is 8.73 Å². The van der Waals surface area contributed by atoms with Crippen LogP contribution < -0.4 is 9.82 Å². The maximum Gasteiger partial charge on any atom is 0.126 e. The van der Waals surface area contributed by atoms with Gasteiger partial charge in [0.05, 0.1) is 0 Å². The van der Waals surface area contributed by atoms with Crippen molar-refractivity contribution in [3.8, 4) is 5.75 Å². The van der Waals surface area contributed by atoms with Gasteiger partial charge in [-0.05, 0) is 43.3 Å². The molecule has 2 unspecified atom stereocenters. The van der Waals surface area contributed by atoms with Crippen LogP contribution >= 0.6 is 8.73 Å². The number of rotatable bonds is 4. The molecule has 0 bridgehead atoms. The van der Waals surface area contributed by atoms with E-state index < -0.39 is 6.10 Å². The van der Waals surface area contributed by atoms with E-state index in [2.05, 4.69) is 5.09 Å². The normalized spacial score (nSPS) is 21.2. The molecule has 1 aromatic carbocycles. The van der Waals surface area contributed by atoms with Crippen LogP contribution in [-0.2, 0) is 6.42 Å². The second-order valence-electron chi connectivity index (χ2n) is 4.15. The Morgan fingerprint density at radius 1 is 1.65 bits per heavy atom. The van der Waals surface area contributed by atoms with Gasteiger partial charge in [0.2, 0.25) is 0 Å². The first-order valence-corrected chi connectivity index (χ1v) is 7.23. The summed E-state index contributed by atoms with van der Waals surface area (Å²) in [6.07, 6.45) is 0.771. The summed E-state index contributed by atoms with van der Waals surface area (Å²) >= 11 is 0. The van der Waals surface area contributed by atoms with Gasteiger partial charge in [-0.2, -0.15) is 0 Å². The highest BCUT2D eigenvalue weighted by molar-refractivity contribution is 7.34. The van der Waals surface area contributed by atoms with Crippen LogP contribution in [-0.4, -0.2) is 30.5 Å². The molecule has 5 heteroatoms. The summed E-state index contributed by atoms with van der Waals surface area (Å²) in [4.78, 5) is 0. The van der Waals surface area contributed by atoms with Crippen molar-refractivity contribution in [2.45, 2.75) is 25.0 Å². The fraction of sp³-hybridized carbons (Fsp3) is 0.500. The van der Waals surface area contributed by atoms with E-state index in [9.17, 15) is 9.50 Å². The SMILES string of the molecule is CPNC[C@@H](O)C1CCc2cc(F)ccc2O1. The third-order valence-corrected chi connectivity index (χ3v) is 3.47. The molecule has 0 aromatic heterocycles. The minimum Gasteiger partial charge on any atom is -0.487 e. The molecule has 0 spiro atoms. The first kappa shape index (κ1) is 12.7. The average molecular weight is 257 g/mol. The number of hydrogen-bond donors (Lipinski definition) is 2. The highest BCUT2D eigenvalue weighted by Crippen LogP contribution is 2.29. The molecule has 0 fully saturated rings. The first-order chi connectivity index (χ1) is 8.20. The molecular weight excluding hydrogens is 240 g/mol. The van der Waals surface area contributed by atoms with E-state index in [1.54, 1.807) is 6.07 Å². The number of hydrogen-bond acceptors (Lipinski definition) is 3. The molecule has 1 aliphatic heterocycles. The zero-order valence-corrected chi connectivity index (χ0v) is 10.7. The lowest BCUT2D eigenvalue weighted by atomic mass is 9.99. The third-order valence-electron chi connectivity index (χ3n) is 2.92. The zero-order chi connectivity index (χ0) is 12.3. The Morgan fingerprint density at radius 3 is 3.24 bits per heavy atom. The Morgan fingerprint density at radius 2 is 2.47 bits per heavy atom. The Hall–Kier alpha value is -0.700. The summed E-state index contributed by atoms with van der Waals surface area (Å²) in [7, 11) is 0.611. The molecule has 0 amide bonds. The van der Waals surface area contributed by atoms with Gasteiger partial charge < -0.3 is 9.84 Å². The molecule has 3 atom stereocenters. The lowest BCUT2D eigenvalue weighted by molar-refractivity contribution is 0.0277. The fourth-order valence-corrected chi connectivity index (χ4v) is 2.40. The van der Waals surface area contributed by atoms with E-state index in [1.165, 1.54) is 12.1 Å². The summed E-state index contributed by atoms with van der Waals surface area (Å²) in [5, 5.41) is 13.0. The predicted molar refractivity (Wildman–Crippen MR) is 67.4 cm³/mol. The molecular formula is C12H17FNO2P. The summed E-state index contributed by atoms with van der Waals surface area (Å²) < 4.78 is 18.7. The van der Waals surface area contributed by atoms with Crippen LogP contribution in [0, 0.1) is 5.82 Å². The van der Waals surface area contributed by atoms with Crippen LogP contribution in [0.3, 0.4) is 0 Å². The number of nitrogens with one attached hydrogen (secondary N) is 1. The van der Waals surface area contributed by atoms with E-state index in [1.807, 2.05) is 6.66 Å². The Labute approximate surface area is 102 Å². The maximum absolute atomic E-state index is 13.0. The molecule has 1 heterocycles. The molecule has 1 aliphatic rings. The molecule has 2 N–H and O–H groups in total. The van der Waals surface area contributed by atoms with Crippen molar-refractivity contribution in [2.24, 2.45) is 0 Å². The standard InChI is InChI=1S/C12H17FNO2P/c1-17-14-7-10(15)12-4-2-8-6-9(13)3-5-11(8)16-12/h3,5-6,10,12,14-15,17H,2,4,7H2,1H3/t10-,12?/m1/s1. The van der Waals surface area contributed by atoms with E-state index >= 15 is 0 Å². The second-order valence-corrected chi connectivity index (χ2v) is 5.00. The number of benzene rings is 1. The number of fused-ring (bicyclic) bond motifs is 1. The van der Waals surface area contributed by atoms with Gasteiger partial charge in [-0.15, -0.1) is 0 Å². The van der Waals surface area contributed by atoms with Crippen molar-refractivity contribution in [3.63, 3.8) is 0 Å². The van der Waals surface area contributed by atoms with Crippen molar-refractivity contribution >= 4 is 8.73 Å². The van der Waals surface area contributed by atoms with Crippen LogP contribution in [0.5, 0.6) is 5.75 Å². The summed E-state index contributed by atoms with van der Waals surface area (Å²) in [5.41, 5.74) is 0.888. The van der Waals surface area contributed by atoms with Gasteiger partial charge in [0.1, 0.15) is 23.8 Å². The van der Waals surface area contributed by atoms with Crippen molar-refractivity contribution in [3.05, 3.63) is 29.6 Å². The van der Waals surface area contributed by atoms with Crippen molar-refractivity contribution in [1.82, 2.24) is 5.09 Å². The quantitative estimate of drug-likeness (QED) is 0.807. The molecule has 0 saturated carbocycles. The van der Waals surface area contributed by atoms with Crippen molar-refractivity contribution in [1.29, 1.82) is 0 Å². The highest BCUT2D eigenvalue weighted by atomic mass is 31.1. The largest absolute Gasteiger partial charge is 0.487 e. The minimum atomic E-state index is -0.513. The molecule has 2 rings (SSSR count). The summed E-state index contributed by atoms with van der Waals surface area (Å²) in [6.45, 7) is 2.56. The topological polar surface area (TPSA) is 41.5 Å². The molecule has 94 valence electrons. The second kappa shape index (κ2) is 5.76. The van der Waals surface area contributed by atoms with Crippen molar-refractivity contribution < 1.29 is 14.2 Å². The highest BCUT2D eigenvalue weighted by Gasteiger charge is 2.26. The first-order valence-electron chi connectivity index (χ1n) is 5.73. The molecule has 17 heavy (non-hydrogen) atoms. The van der Waals surface area contributed by atoms with Crippen LogP contribution in [0.4, 0.5) is 4.39 Å². The van der Waals surface area contributed by atoms with Crippen LogP contribution in [0.2, 0.25) is 0 Å². The van der Waals surface area contributed by atoms with Gasteiger partial charge in [0, 0.05) is 6.54 Å². The van der Waals surface area contributed by atoms with E-state index in [-0.39, 0.29) is 11.9 Å². The monoisotopic (exact) mass is 257 g/mol. The zero-order valence-electron chi connectivity index (χ0n) is 9.74. The average Bonchev–Trinajstić information content (AvgIpc) is 2.35. The smallest absolute Gasteiger partial charge is 0.126 e. The Bertz CT molecular complexity index is 389. The Kier molecular flexibility index (Phi) is 4.32. The number of aliphatic hydroxyl groups is 1. The molecule has 0 radical (unpaired) electrons. The minimum absolute atomic E-state index is 0.197. The van der Waals surface area contributed by atoms with Gasteiger partial charge in [-0.3, -0.25) is 5.09 Å². The molecule has 3 nitrogen and oxygen atoms in total. The molecule has 0 saturated heterocycles. The van der Waals surface area contributed by atoms with E-state index in [0.29, 0.717) is 21.0 Å². The van der Waals surface area contributed by atoms with Gasteiger partial charge in [-0.25, -0.2) is 4.39 Å². The van der Waals surface area contributed by atoms with Gasteiger partial charge in [0.25, 0.3) is 0 Å². The number of halogens is 1. The van der Waals surface area contributed by atoms with Crippen LogP contribution in [0.1, 0.15) is 12.0 Å². The fourth-order valence-electron chi connectivity index (χ4n) is 1.99. The van der Waals surface area contributed by atoms with E-state index in [4.69, 9.17) is 4.74 Å². The summed E-state index contributed by atoms with van der Waals surface area (Å²) in [6, 6.07) is 4.53. The Balaban J connectivity index is 2.00. The number of aryl methyl sites for hydroxylation is 1. The predicted octanol–water partition coefficient (Wildman–Crippen LogP) is 1.69. The lowest BCUT2D eigenvalue weighted by Crippen LogP contribution is -2.40. The molecule has 0 aliphatic carbocycles. The van der Waals surface area contributed by atoms with E-state index in [0.717, 1.165) is 18.4 Å². The van der Waals surface area contributed by atoms with Gasteiger partial charge >= 0.3 is 0 Å². The summed E-state index contributed by atoms with van der Waals surface area (Å²) in [5.74, 6) is 0.459. The van der Waals surface area contributed by atoms with Crippen molar-refractivity contribution in [2.75, 3.05) is 13.2 Å². The molecule has 1 aromatic rings. The van der Waals surface area contributed by atoms with Gasteiger partial charge in [0.15, 0.2) is 0 Å². The number of aliphatic hydroxyl groups excluding tert-OH is 1. The lowest BCUT2D eigenvalue weighted by Gasteiger charge is -2.29. The van der Waals surface area contributed by atoms with Crippen LogP contribution in [0.25, 0.3) is 0 Å².